The lowest BCUT2D eigenvalue weighted by Gasteiger charge is -2.29. The van der Waals surface area contributed by atoms with Crippen molar-refractivity contribution in [3.05, 3.63) is 64.7 Å². The zero-order valence-electron chi connectivity index (χ0n) is 21.8. The van der Waals surface area contributed by atoms with Crippen LogP contribution >= 0.6 is 0 Å². The van der Waals surface area contributed by atoms with E-state index >= 15 is 0 Å². The maximum Gasteiger partial charge on any atom is 0.242 e. The van der Waals surface area contributed by atoms with E-state index in [0.717, 1.165) is 28.7 Å². The Bertz CT molecular complexity index is 1130. The minimum Gasteiger partial charge on any atom is -0.354 e. The van der Waals surface area contributed by atoms with Gasteiger partial charge >= 0.3 is 0 Å². The van der Waals surface area contributed by atoms with Crippen molar-refractivity contribution in [3.8, 4) is 0 Å². The molecule has 192 valence electrons. The molecule has 0 aromatic heterocycles. The third-order valence-corrected chi connectivity index (χ3v) is 7.28. The zero-order chi connectivity index (χ0) is 26.2. The number of rotatable bonds is 12. The van der Waals surface area contributed by atoms with Gasteiger partial charge in [0.15, 0.2) is 0 Å². The zero-order valence-corrected chi connectivity index (χ0v) is 22.6. The summed E-state index contributed by atoms with van der Waals surface area (Å²) in [4.78, 5) is 27.6. The number of carbonyl (C=O) groups excluding carboxylic acids is 2. The number of anilines is 1. The van der Waals surface area contributed by atoms with Gasteiger partial charge in [0.1, 0.15) is 6.04 Å². The Morgan fingerprint density at radius 2 is 1.74 bits per heavy atom. The van der Waals surface area contributed by atoms with Crippen LogP contribution < -0.4 is 9.62 Å². The smallest absolute Gasteiger partial charge is 0.242 e. The molecular formula is C27H39N3O4S. The van der Waals surface area contributed by atoms with E-state index in [1.807, 2.05) is 64.1 Å². The molecule has 0 unspecified atom stereocenters. The molecule has 0 fully saturated rings. The fraction of sp³-hybridized carbons (Fsp3) is 0.481. The summed E-state index contributed by atoms with van der Waals surface area (Å²) >= 11 is 0. The Hall–Kier alpha value is -2.87. The van der Waals surface area contributed by atoms with Crippen molar-refractivity contribution >= 4 is 27.5 Å². The number of amides is 2. The molecule has 0 saturated carbocycles. The molecule has 2 amide bonds. The van der Waals surface area contributed by atoms with Gasteiger partial charge in [-0.05, 0) is 69.4 Å². The van der Waals surface area contributed by atoms with E-state index in [1.54, 1.807) is 17.9 Å². The van der Waals surface area contributed by atoms with E-state index < -0.39 is 16.1 Å². The van der Waals surface area contributed by atoms with Crippen LogP contribution in [-0.2, 0) is 26.2 Å². The Kier molecular flexibility index (Phi) is 10.3. The van der Waals surface area contributed by atoms with Gasteiger partial charge in [0.2, 0.25) is 21.8 Å². The quantitative estimate of drug-likeness (QED) is 0.474. The average molecular weight is 502 g/mol. The fourth-order valence-corrected chi connectivity index (χ4v) is 4.83. The van der Waals surface area contributed by atoms with Crippen LogP contribution in [0.1, 0.15) is 55.4 Å². The average Bonchev–Trinajstić information content (AvgIpc) is 2.79. The lowest BCUT2D eigenvalue weighted by atomic mass is 10.1. The Balaban J connectivity index is 2.17. The summed E-state index contributed by atoms with van der Waals surface area (Å²) in [6.07, 6.45) is 2.46. The normalized spacial score (nSPS) is 12.2. The highest BCUT2D eigenvalue weighted by atomic mass is 32.2. The molecule has 0 bridgehead atoms. The van der Waals surface area contributed by atoms with Crippen LogP contribution in [0.25, 0.3) is 0 Å². The molecule has 0 spiro atoms. The van der Waals surface area contributed by atoms with E-state index in [0.29, 0.717) is 25.2 Å². The van der Waals surface area contributed by atoms with Gasteiger partial charge in [-0.3, -0.25) is 13.9 Å². The lowest BCUT2D eigenvalue weighted by molar-refractivity contribution is -0.140. The number of hydrogen-bond acceptors (Lipinski definition) is 4. The van der Waals surface area contributed by atoms with Crippen molar-refractivity contribution in [3.63, 3.8) is 0 Å². The first kappa shape index (κ1) is 28.4. The van der Waals surface area contributed by atoms with E-state index in [4.69, 9.17) is 0 Å². The maximum absolute atomic E-state index is 13.3. The predicted molar refractivity (Wildman–Crippen MR) is 142 cm³/mol. The van der Waals surface area contributed by atoms with Gasteiger partial charge in [-0.2, -0.15) is 0 Å². The van der Waals surface area contributed by atoms with Gasteiger partial charge in [-0.15, -0.1) is 0 Å². The van der Waals surface area contributed by atoms with Gasteiger partial charge in [0, 0.05) is 26.1 Å². The molecule has 7 nitrogen and oxygen atoms in total. The Morgan fingerprint density at radius 1 is 1.03 bits per heavy atom. The van der Waals surface area contributed by atoms with Gasteiger partial charge in [0.25, 0.3) is 0 Å². The summed E-state index contributed by atoms with van der Waals surface area (Å²) in [5.41, 5.74) is 4.70. The van der Waals surface area contributed by atoms with Crippen molar-refractivity contribution in [2.75, 3.05) is 23.7 Å². The molecule has 0 heterocycles. The number of nitrogens with zero attached hydrogens (tertiary/aromatic N) is 2. The van der Waals surface area contributed by atoms with Crippen molar-refractivity contribution in [2.45, 2.75) is 66.5 Å². The highest BCUT2D eigenvalue weighted by molar-refractivity contribution is 7.92. The van der Waals surface area contributed by atoms with Crippen molar-refractivity contribution in [1.82, 2.24) is 10.2 Å². The Morgan fingerprint density at radius 3 is 2.34 bits per heavy atom. The van der Waals surface area contributed by atoms with Crippen LogP contribution in [0.4, 0.5) is 5.69 Å². The fourth-order valence-electron chi connectivity index (χ4n) is 3.87. The van der Waals surface area contributed by atoms with Crippen LogP contribution in [0.2, 0.25) is 0 Å². The minimum atomic E-state index is -3.51. The van der Waals surface area contributed by atoms with Crippen LogP contribution in [0.5, 0.6) is 0 Å². The van der Waals surface area contributed by atoms with Gasteiger partial charge in [0.05, 0.1) is 11.9 Å². The SMILES string of the molecule is CCCNC(=O)[C@H](C)N(Cc1cccc(C)c1)C(=O)CCCN(c1ccc(C)c(C)c1)S(C)(=O)=O. The first-order valence-corrected chi connectivity index (χ1v) is 14.0. The molecule has 0 aliphatic heterocycles. The summed E-state index contributed by atoms with van der Waals surface area (Å²) < 4.78 is 26.3. The number of aryl methyl sites for hydroxylation is 3. The second-order valence-corrected chi connectivity index (χ2v) is 11.1. The minimum absolute atomic E-state index is 0.133. The summed E-state index contributed by atoms with van der Waals surface area (Å²) in [7, 11) is -3.51. The molecule has 2 rings (SSSR count). The monoisotopic (exact) mass is 501 g/mol. The van der Waals surface area contributed by atoms with Crippen molar-refractivity contribution in [1.29, 1.82) is 0 Å². The molecule has 2 aromatic rings. The van der Waals surface area contributed by atoms with Crippen LogP contribution in [0.3, 0.4) is 0 Å². The first-order valence-electron chi connectivity index (χ1n) is 12.1. The van der Waals surface area contributed by atoms with Crippen molar-refractivity contribution in [2.24, 2.45) is 0 Å². The van der Waals surface area contributed by atoms with E-state index in [-0.39, 0.29) is 24.8 Å². The van der Waals surface area contributed by atoms with Crippen LogP contribution in [0, 0.1) is 20.8 Å². The highest BCUT2D eigenvalue weighted by Crippen LogP contribution is 2.22. The number of carbonyl (C=O) groups is 2. The topological polar surface area (TPSA) is 86.8 Å². The van der Waals surface area contributed by atoms with Crippen LogP contribution in [0.15, 0.2) is 42.5 Å². The summed E-state index contributed by atoms with van der Waals surface area (Å²) in [5, 5.41) is 2.87. The van der Waals surface area contributed by atoms with Crippen LogP contribution in [-0.4, -0.2) is 50.5 Å². The van der Waals surface area contributed by atoms with Gasteiger partial charge < -0.3 is 10.2 Å². The lowest BCUT2D eigenvalue weighted by Crippen LogP contribution is -2.47. The molecule has 35 heavy (non-hydrogen) atoms. The number of hydrogen-bond donors (Lipinski definition) is 1. The predicted octanol–water partition coefficient (Wildman–Crippen LogP) is 4.10. The summed E-state index contributed by atoms with van der Waals surface area (Å²) in [6, 6.07) is 12.8. The number of benzene rings is 2. The molecule has 0 aliphatic rings. The van der Waals surface area contributed by atoms with E-state index in [2.05, 4.69) is 5.32 Å². The van der Waals surface area contributed by atoms with Gasteiger partial charge in [-0.1, -0.05) is 42.8 Å². The van der Waals surface area contributed by atoms with Gasteiger partial charge in [-0.25, -0.2) is 8.42 Å². The Labute approximate surface area is 210 Å². The molecule has 0 radical (unpaired) electrons. The van der Waals surface area contributed by atoms with E-state index in [9.17, 15) is 18.0 Å². The third-order valence-electron chi connectivity index (χ3n) is 6.08. The van der Waals surface area contributed by atoms with Crippen molar-refractivity contribution < 1.29 is 18.0 Å². The molecule has 2 aromatic carbocycles. The largest absolute Gasteiger partial charge is 0.354 e. The van der Waals surface area contributed by atoms with E-state index in [1.165, 1.54) is 10.6 Å². The highest BCUT2D eigenvalue weighted by Gasteiger charge is 2.26. The summed E-state index contributed by atoms with van der Waals surface area (Å²) in [5.74, 6) is -0.375. The molecule has 0 aliphatic carbocycles. The number of nitrogens with one attached hydrogen (secondary N) is 1. The second-order valence-electron chi connectivity index (χ2n) is 9.18. The standard InChI is InChI=1S/C27H39N3O4S/c1-7-15-28-27(32)23(5)29(19-24-11-8-10-20(2)17-24)26(31)12-9-16-30(35(6,33)34)25-14-13-21(3)22(4)18-25/h8,10-11,13-14,17-18,23H,7,9,12,15-16,19H2,1-6H3,(H,28,32)/t23-/m0/s1. The molecule has 0 saturated heterocycles. The molecular weight excluding hydrogens is 462 g/mol. The molecule has 1 atom stereocenters. The molecule has 8 heteroatoms. The number of sulfonamides is 1. The second kappa shape index (κ2) is 12.7. The third kappa shape index (κ3) is 8.38. The summed E-state index contributed by atoms with van der Waals surface area (Å²) in [6.45, 7) is 10.7. The first-order chi connectivity index (χ1) is 16.4. The molecule has 1 N–H and O–H groups in total. The maximum atomic E-state index is 13.3.